The van der Waals surface area contributed by atoms with Crippen LogP contribution in [0.3, 0.4) is 0 Å². The summed E-state index contributed by atoms with van der Waals surface area (Å²) in [4.78, 5) is 15.3. The molecule has 88 valence electrons. The second-order valence-electron chi connectivity index (χ2n) is 4.73. The van der Waals surface area contributed by atoms with Crippen LogP contribution in [-0.4, -0.2) is 61.2 Å². The molecular formula is C11H22N2O2. The molecule has 15 heavy (non-hydrogen) atoms. The molecule has 2 unspecified atom stereocenters. The molecule has 0 radical (unpaired) electrons. The van der Waals surface area contributed by atoms with Crippen LogP contribution in [0.25, 0.3) is 0 Å². The van der Waals surface area contributed by atoms with Crippen LogP contribution < -0.4 is 0 Å². The average Bonchev–Trinajstić information content (AvgIpc) is 2.47. The molecule has 1 aliphatic rings. The van der Waals surface area contributed by atoms with Gasteiger partial charge in [-0.15, -0.1) is 0 Å². The fraction of sp³-hybridized carbons (Fsp3) is 0.909. The maximum Gasteiger partial charge on any atom is 0.308 e. The third-order valence-electron chi connectivity index (χ3n) is 3.25. The Kier molecular flexibility index (Phi) is 4.54. The summed E-state index contributed by atoms with van der Waals surface area (Å²) in [5.74, 6) is -0.786. The Balaban J connectivity index is 2.39. The third kappa shape index (κ3) is 3.47. The zero-order valence-electron chi connectivity index (χ0n) is 9.94. The molecule has 0 aromatic heterocycles. The van der Waals surface area contributed by atoms with Gasteiger partial charge in [-0.3, -0.25) is 4.79 Å². The molecule has 0 aromatic carbocycles. The minimum absolute atomic E-state index is 0.155. The van der Waals surface area contributed by atoms with Gasteiger partial charge in [0.05, 0.1) is 5.92 Å². The standard InChI is InChI=1S/C11H22N2O2/c1-12(2)7-4-5-10-9(11(14)15)6-8-13(10)3/h9-10H,4-8H2,1-3H3,(H,14,15). The SMILES string of the molecule is CN(C)CCCC1C(C(=O)O)CCN1C. The van der Waals surface area contributed by atoms with Crippen LogP contribution in [0.4, 0.5) is 0 Å². The van der Waals surface area contributed by atoms with Gasteiger partial charge in [0.25, 0.3) is 0 Å². The van der Waals surface area contributed by atoms with Gasteiger partial charge in [-0.2, -0.15) is 0 Å². The second-order valence-corrected chi connectivity index (χ2v) is 4.73. The van der Waals surface area contributed by atoms with E-state index in [1.165, 1.54) is 0 Å². The molecule has 0 aliphatic carbocycles. The van der Waals surface area contributed by atoms with E-state index in [1.807, 2.05) is 21.1 Å². The Morgan fingerprint density at radius 2 is 2.20 bits per heavy atom. The van der Waals surface area contributed by atoms with E-state index in [2.05, 4.69) is 9.80 Å². The summed E-state index contributed by atoms with van der Waals surface area (Å²) in [7, 11) is 6.13. The zero-order chi connectivity index (χ0) is 11.4. The molecule has 1 fully saturated rings. The molecule has 0 amide bonds. The number of nitrogens with zero attached hydrogens (tertiary/aromatic N) is 2. The van der Waals surface area contributed by atoms with E-state index < -0.39 is 5.97 Å². The molecule has 0 spiro atoms. The molecule has 0 saturated carbocycles. The van der Waals surface area contributed by atoms with Crippen molar-refractivity contribution in [2.24, 2.45) is 5.92 Å². The monoisotopic (exact) mass is 214 g/mol. The average molecular weight is 214 g/mol. The second kappa shape index (κ2) is 5.47. The number of rotatable bonds is 5. The lowest BCUT2D eigenvalue weighted by Gasteiger charge is -2.23. The summed E-state index contributed by atoms with van der Waals surface area (Å²) in [5.41, 5.74) is 0. The quantitative estimate of drug-likeness (QED) is 0.733. The molecule has 0 bridgehead atoms. The molecule has 1 heterocycles. The van der Waals surface area contributed by atoms with Gasteiger partial charge in [0.1, 0.15) is 0 Å². The van der Waals surface area contributed by atoms with Crippen LogP contribution in [0, 0.1) is 5.92 Å². The van der Waals surface area contributed by atoms with Crippen molar-refractivity contribution in [1.82, 2.24) is 9.80 Å². The van der Waals surface area contributed by atoms with Crippen LogP contribution in [0.5, 0.6) is 0 Å². The van der Waals surface area contributed by atoms with Crippen molar-refractivity contribution >= 4 is 5.97 Å². The largest absolute Gasteiger partial charge is 0.481 e. The lowest BCUT2D eigenvalue weighted by molar-refractivity contribution is -0.142. The lowest BCUT2D eigenvalue weighted by atomic mass is 9.96. The minimum atomic E-state index is -0.630. The smallest absolute Gasteiger partial charge is 0.308 e. The molecule has 2 atom stereocenters. The summed E-state index contributed by atoms with van der Waals surface area (Å²) in [6.07, 6.45) is 2.87. The normalized spacial score (nSPS) is 27.5. The highest BCUT2D eigenvalue weighted by molar-refractivity contribution is 5.71. The highest BCUT2D eigenvalue weighted by Crippen LogP contribution is 2.26. The summed E-state index contributed by atoms with van der Waals surface area (Å²) < 4.78 is 0. The number of carboxylic acid groups (broad SMARTS) is 1. The van der Waals surface area contributed by atoms with E-state index >= 15 is 0 Å². The summed E-state index contributed by atoms with van der Waals surface area (Å²) >= 11 is 0. The Labute approximate surface area is 91.9 Å². The van der Waals surface area contributed by atoms with Crippen LogP contribution in [0.15, 0.2) is 0 Å². The number of carboxylic acids is 1. The summed E-state index contributed by atoms with van der Waals surface area (Å²) in [5, 5.41) is 9.07. The fourth-order valence-electron chi connectivity index (χ4n) is 2.33. The van der Waals surface area contributed by atoms with Gasteiger partial charge in [0.2, 0.25) is 0 Å². The molecular weight excluding hydrogens is 192 g/mol. The van der Waals surface area contributed by atoms with Gasteiger partial charge in [-0.25, -0.2) is 0 Å². The molecule has 4 heteroatoms. The first-order chi connectivity index (χ1) is 7.02. The number of hydrogen-bond donors (Lipinski definition) is 1. The van der Waals surface area contributed by atoms with E-state index in [-0.39, 0.29) is 12.0 Å². The van der Waals surface area contributed by atoms with Gasteiger partial charge in [0, 0.05) is 6.04 Å². The van der Waals surface area contributed by atoms with E-state index in [9.17, 15) is 4.79 Å². The minimum Gasteiger partial charge on any atom is -0.481 e. The van der Waals surface area contributed by atoms with Crippen molar-refractivity contribution in [3.63, 3.8) is 0 Å². The topological polar surface area (TPSA) is 43.8 Å². The van der Waals surface area contributed by atoms with Crippen LogP contribution in [0.2, 0.25) is 0 Å². The number of carbonyl (C=O) groups is 1. The summed E-state index contributed by atoms with van der Waals surface area (Å²) in [6, 6.07) is 0.238. The Morgan fingerprint density at radius 1 is 1.53 bits per heavy atom. The van der Waals surface area contributed by atoms with Crippen molar-refractivity contribution in [3.8, 4) is 0 Å². The molecule has 1 aliphatic heterocycles. The zero-order valence-corrected chi connectivity index (χ0v) is 9.94. The van der Waals surface area contributed by atoms with Crippen LogP contribution in [-0.2, 0) is 4.79 Å². The van der Waals surface area contributed by atoms with E-state index in [4.69, 9.17) is 5.11 Å². The lowest BCUT2D eigenvalue weighted by Crippen LogP contribution is -2.33. The van der Waals surface area contributed by atoms with Gasteiger partial charge in [0.15, 0.2) is 0 Å². The maximum absolute atomic E-state index is 11.0. The van der Waals surface area contributed by atoms with Crippen LogP contribution in [0.1, 0.15) is 19.3 Å². The highest BCUT2D eigenvalue weighted by Gasteiger charge is 2.35. The Hall–Kier alpha value is -0.610. The molecule has 1 saturated heterocycles. The maximum atomic E-state index is 11.0. The van der Waals surface area contributed by atoms with Gasteiger partial charge >= 0.3 is 5.97 Å². The number of likely N-dealkylation sites (tertiary alicyclic amines) is 1. The molecule has 0 aromatic rings. The predicted octanol–water partition coefficient (Wildman–Crippen LogP) is 0.733. The van der Waals surface area contributed by atoms with E-state index in [0.29, 0.717) is 0 Å². The van der Waals surface area contributed by atoms with Crippen LogP contribution >= 0.6 is 0 Å². The first kappa shape index (κ1) is 12.5. The number of hydrogen-bond acceptors (Lipinski definition) is 3. The van der Waals surface area contributed by atoms with Crippen molar-refractivity contribution < 1.29 is 9.90 Å². The van der Waals surface area contributed by atoms with Gasteiger partial charge in [-0.1, -0.05) is 0 Å². The van der Waals surface area contributed by atoms with Crippen molar-refractivity contribution in [2.45, 2.75) is 25.3 Å². The molecule has 4 nitrogen and oxygen atoms in total. The highest BCUT2D eigenvalue weighted by atomic mass is 16.4. The van der Waals surface area contributed by atoms with Gasteiger partial charge in [-0.05, 0) is 53.5 Å². The summed E-state index contributed by atoms with van der Waals surface area (Å²) in [6.45, 7) is 1.96. The van der Waals surface area contributed by atoms with Crippen molar-refractivity contribution in [2.75, 3.05) is 34.2 Å². The van der Waals surface area contributed by atoms with Crippen molar-refractivity contribution in [3.05, 3.63) is 0 Å². The Bertz CT molecular complexity index is 219. The number of aliphatic carboxylic acids is 1. The van der Waals surface area contributed by atoms with E-state index in [0.717, 1.165) is 32.4 Å². The van der Waals surface area contributed by atoms with E-state index in [1.54, 1.807) is 0 Å². The molecule has 1 rings (SSSR count). The first-order valence-electron chi connectivity index (χ1n) is 5.60. The third-order valence-corrected chi connectivity index (χ3v) is 3.25. The predicted molar refractivity (Wildman–Crippen MR) is 59.9 cm³/mol. The van der Waals surface area contributed by atoms with Gasteiger partial charge < -0.3 is 14.9 Å². The fourth-order valence-corrected chi connectivity index (χ4v) is 2.33. The molecule has 1 N–H and O–H groups in total. The first-order valence-corrected chi connectivity index (χ1v) is 5.60. The van der Waals surface area contributed by atoms with Crippen molar-refractivity contribution in [1.29, 1.82) is 0 Å². The Morgan fingerprint density at radius 3 is 2.73 bits per heavy atom.